The van der Waals surface area contributed by atoms with E-state index in [0.29, 0.717) is 5.15 Å². The van der Waals surface area contributed by atoms with Gasteiger partial charge in [0.2, 0.25) is 0 Å². The third-order valence-electron chi connectivity index (χ3n) is 1.70. The van der Waals surface area contributed by atoms with E-state index in [1.165, 1.54) is 11.3 Å². The van der Waals surface area contributed by atoms with Crippen LogP contribution in [0.25, 0.3) is 5.13 Å². The van der Waals surface area contributed by atoms with E-state index >= 15 is 0 Å². The highest BCUT2D eigenvalue weighted by Gasteiger charge is 2.05. The summed E-state index contributed by atoms with van der Waals surface area (Å²) in [5, 5.41) is 3.23. The predicted octanol–water partition coefficient (Wildman–Crippen LogP) is 2.54. The summed E-state index contributed by atoms with van der Waals surface area (Å²) in [6.07, 6.45) is 4.56. The Morgan fingerprint density at radius 3 is 3.08 bits per heavy atom. The Kier molecular flexibility index (Phi) is 2.33. The highest BCUT2D eigenvalue weighted by molar-refractivity contribution is 7.12. The summed E-state index contributed by atoms with van der Waals surface area (Å²) in [5.41, 5.74) is 0. The van der Waals surface area contributed by atoms with Crippen LogP contribution in [-0.2, 0) is 6.42 Å². The number of hydrogen-bond acceptors (Lipinski definition) is 3. The second-order valence-corrected chi connectivity index (χ2v) is 3.74. The first kappa shape index (κ1) is 8.72. The molecule has 0 saturated heterocycles. The van der Waals surface area contributed by atoms with Crippen LogP contribution in [0, 0.1) is 0 Å². The van der Waals surface area contributed by atoms with Gasteiger partial charge in [-0.2, -0.15) is 0 Å². The maximum absolute atomic E-state index is 5.74. The molecule has 2 heterocycles. The third kappa shape index (κ3) is 1.59. The molecule has 0 N–H and O–H groups in total. The second kappa shape index (κ2) is 3.47. The molecule has 0 saturated carbocycles. The minimum absolute atomic E-state index is 0.538. The van der Waals surface area contributed by atoms with Crippen LogP contribution in [0.4, 0.5) is 0 Å². The van der Waals surface area contributed by atoms with Gasteiger partial charge in [0.05, 0.1) is 0 Å². The van der Waals surface area contributed by atoms with E-state index in [1.54, 1.807) is 6.20 Å². The molecule has 0 aliphatic heterocycles. The van der Waals surface area contributed by atoms with Crippen molar-refractivity contribution < 1.29 is 0 Å². The van der Waals surface area contributed by atoms with E-state index in [2.05, 4.69) is 16.9 Å². The van der Waals surface area contributed by atoms with Gasteiger partial charge in [0, 0.05) is 24.2 Å². The van der Waals surface area contributed by atoms with Crippen LogP contribution in [0.2, 0.25) is 5.15 Å². The maximum atomic E-state index is 5.74. The lowest BCUT2D eigenvalue weighted by atomic mass is 10.5. The molecule has 13 heavy (non-hydrogen) atoms. The third-order valence-corrected chi connectivity index (χ3v) is 2.87. The van der Waals surface area contributed by atoms with Gasteiger partial charge in [0.15, 0.2) is 5.13 Å². The Labute approximate surface area is 85.0 Å². The number of thiazole rings is 1. The lowest BCUT2D eigenvalue weighted by molar-refractivity contribution is 0.884. The molecule has 68 valence electrons. The first-order valence-corrected chi connectivity index (χ1v) is 5.20. The maximum Gasteiger partial charge on any atom is 0.196 e. The summed E-state index contributed by atoms with van der Waals surface area (Å²) < 4.78 is 1.95. The summed E-state index contributed by atoms with van der Waals surface area (Å²) >= 11 is 7.26. The number of nitrogens with zero attached hydrogens (tertiary/aromatic N) is 3. The molecule has 0 amide bonds. The lowest BCUT2D eigenvalue weighted by Gasteiger charge is -1.99. The van der Waals surface area contributed by atoms with Gasteiger partial charge < -0.3 is 0 Å². The summed E-state index contributed by atoms with van der Waals surface area (Å²) in [4.78, 5) is 8.38. The molecule has 0 spiro atoms. The molecule has 0 bridgehead atoms. The molecular formula is C8H8ClN3S. The van der Waals surface area contributed by atoms with Crippen molar-refractivity contribution in [3.05, 3.63) is 28.8 Å². The quantitative estimate of drug-likeness (QED) is 0.768. The van der Waals surface area contributed by atoms with E-state index < -0.39 is 0 Å². The molecule has 0 radical (unpaired) electrons. The Bertz CT molecular complexity index is 407. The van der Waals surface area contributed by atoms with Gasteiger partial charge in [0.25, 0.3) is 0 Å². The van der Waals surface area contributed by atoms with Gasteiger partial charge >= 0.3 is 0 Å². The molecule has 2 rings (SSSR count). The molecule has 0 unspecified atom stereocenters. The molecule has 2 aromatic heterocycles. The number of halogens is 1. The SMILES string of the molecule is CCc1nccn1-c1nc(Cl)cs1. The first-order chi connectivity index (χ1) is 6.31. The molecule has 2 aromatic rings. The highest BCUT2D eigenvalue weighted by atomic mass is 35.5. The smallest absolute Gasteiger partial charge is 0.196 e. The monoisotopic (exact) mass is 213 g/mol. The van der Waals surface area contributed by atoms with E-state index in [0.717, 1.165) is 17.4 Å². The van der Waals surface area contributed by atoms with Gasteiger partial charge in [-0.15, -0.1) is 11.3 Å². The summed E-state index contributed by atoms with van der Waals surface area (Å²) in [6.45, 7) is 2.06. The largest absolute Gasteiger partial charge is 0.279 e. The van der Waals surface area contributed by atoms with E-state index in [-0.39, 0.29) is 0 Å². The molecular weight excluding hydrogens is 206 g/mol. The number of aromatic nitrogens is 3. The summed E-state index contributed by atoms with van der Waals surface area (Å²) in [5.74, 6) is 1.01. The van der Waals surface area contributed by atoms with Crippen molar-refractivity contribution in [3.8, 4) is 5.13 Å². The zero-order chi connectivity index (χ0) is 9.26. The van der Waals surface area contributed by atoms with Crippen LogP contribution in [-0.4, -0.2) is 14.5 Å². The van der Waals surface area contributed by atoms with Gasteiger partial charge in [-0.3, -0.25) is 4.57 Å². The van der Waals surface area contributed by atoms with Crippen molar-refractivity contribution in [2.24, 2.45) is 0 Å². The minimum Gasteiger partial charge on any atom is -0.279 e. The van der Waals surface area contributed by atoms with Crippen molar-refractivity contribution in [2.45, 2.75) is 13.3 Å². The van der Waals surface area contributed by atoms with Crippen LogP contribution in [0.15, 0.2) is 17.8 Å². The first-order valence-electron chi connectivity index (χ1n) is 3.95. The Morgan fingerprint density at radius 2 is 2.46 bits per heavy atom. The molecule has 5 heteroatoms. The van der Waals surface area contributed by atoms with Gasteiger partial charge in [0.1, 0.15) is 11.0 Å². The van der Waals surface area contributed by atoms with Crippen LogP contribution >= 0.6 is 22.9 Å². The average Bonchev–Trinajstić information content (AvgIpc) is 2.71. The van der Waals surface area contributed by atoms with Crippen molar-refractivity contribution in [1.82, 2.24) is 14.5 Å². The van der Waals surface area contributed by atoms with Crippen LogP contribution < -0.4 is 0 Å². The number of hydrogen-bond donors (Lipinski definition) is 0. The fourth-order valence-electron chi connectivity index (χ4n) is 1.13. The molecule has 0 atom stereocenters. The molecule has 0 aliphatic rings. The Balaban J connectivity index is 2.45. The van der Waals surface area contributed by atoms with Gasteiger partial charge in [-0.25, -0.2) is 9.97 Å². The normalized spacial score (nSPS) is 10.6. The van der Waals surface area contributed by atoms with Gasteiger partial charge in [-0.05, 0) is 0 Å². The van der Waals surface area contributed by atoms with Gasteiger partial charge in [-0.1, -0.05) is 18.5 Å². The zero-order valence-electron chi connectivity index (χ0n) is 7.07. The number of imidazole rings is 1. The van der Waals surface area contributed by atoms with Crippen molar-refractivity contribution in [1.29, 1.82) is 0 Å². The van der Waals surface area contributed by atoms with Crippen LogP contribution in [0.3, 0.4) is 0 Å². The molecule has 0 fully saturated rings. The number of aryl methyl sites for hydroxylation is 1. The second-order valence-electron chi connectivity index (χ2n) is 2.52. The predicted molar refractivity (Wildman–Crippen MR) is 53.6 cm³/mol. The fourth-order valence-corrected chi connectivity index (χ4v) is 2.08. The van der Waals surface area contributed by atoms with Crippen LogP contribution in [0.1, 0.15) is 12.7 Å². The molecule has 0 aliphatic carbocycles. The Hall–Kier alpha value is -0.870. The highest BCUT2D eigenvalue weighted by Crippen LogP contribution is 2.19. The fraction of sp³-hybridized carbons (Fsp3) is 0.250. The summed E-state index contributed by atoms with van der Waals surface area (Å²) in [7, 11) is 0. The minimum atomic E-state index is 0.538. The average molecular weight is 214 g/mol. The molecule has 0 aromatic carbocycles. The Morgan fingerprint density at radius 1 is 1.62 bits per heavy atom. The van der Waals surface area contributed by atoms with Crippen molar-refractivity contribution >= 4 is 22.9 Å². The summed E-state index contributed by atoms with van der Waals surface area (Å²) in [6, 6.07) is 0. The van der Waals surface area contributed by atoms with Crippen molar-refractivity contribution in [3.63, 3.8) is 0 Å². The standard InChI is InChI=1S/C8H8ClN3S/c1-2-7-10-3-4-12(7)8-11-6(9)5-13-8/h3-5H,2H2,1H3. The zero-order valence-corrected chi connectivity index (χ0v) is 8.64. The molecule has 3 nitrogen and oxygen atoms in total. The number of rotatable bonds is 2. The van der Waals surface area contributed by atoms with E-state index in [9.17, 15) is 0 Å². The lowest BCUT2D eigenvalue weighted by Crippen LogP contribution is -1.97. The topological polar surface area (TPSA) is 30.7 Å². The van der Waals surface area contributed by atoms with Crippen molar-refractivity contribution in [2.75, 3.05) is 0 Å². The van der Waals surface area contributed by atoms with E-state index in [1.807, 2.05) is 16.1 Å². The van der Waals surface area contributed by atoms with Crippen LogP contribution in [0.5, 0.6) is 0 Å². The van der Waals surface area contributed by atoms with E-state index in [4.69, 9.17) is 11.6 Å².